The van der Waals surface area contributed by atoms with E-state index in [1.165, 1.54) is 49.1 Å². The molecule has 1 aromatic rings. The van der Waals surface area contributed by atoms with Crippen LogP contribution in [0, 0.1) is 18.3 Å². The summed E-state index contributed by atoms with van der Waals surface area (Å²) in [7, 11) is 0. The van der Waals surface area contributed by atoms with Crippen LogP contribution < -0.4 is 4.90 Å². The van der Waals surface area contributed by atoms with Crippen molar-refractivity contribution in [3.63, 3.8) is 0 Å². The minimum absolute atomic E-state index is 0.343. The smallest absolute Gasteiger partial charge is 0.0734 e. The topological polar surface area (TPSA) is 6.48 Å². The fraction of sp³-hybridized carbons (Fsp3) is 0.636. The van der Waals surface area contributed by atoms with Crippen molar-refractivity contribution >= 4 is 5.69 Å². The van der Waals surface area contributed by atoms with Crippen molar-refractivity contribution in [2.24, 2.45) is 11.3 Å². The van der Waals surface area contributed by atoms with E-state index >= 15 is 0 Å². The Kier molecular flexibility index (Phi) is 6.51. The number of rotatable bonds is 9. The van der Waals surface area contributed by atoms with Gasteiger partial charge in [-0.1, -0.05) is 51.5 Å². The van der Waals surface area contributed by atoms with Crippen molar-refractivity contribution in [1.82, 2.24) is 4.90 Å². The van der Waals surface area contributed by atoms with E-state index in [1.807, 2.05) is 0 Å². The molecule has 0 aromatic heterocycles. The van der Waals surface area contributed by atoms with Crippen LogP contribution in [0.3, 0.4) is 0 Å². The monoisotopic (exact) mass is 328 g/mol. The summed E-state index contributed by atoms with van der Waals surface area (Å²) < 4.78 is 0. The van der Waals surface area contributed by atoms with E-state index < -0.39 is 0 Å². The largest absolute Gasteiger partial charge is 0.345 e. The minimum Gasteiger partial charge on any atom is -0.345 e. The first kappa shape index (κ1) is 19.1. The Bertz CT molecular complexity index is 545. The van der Waals surface area contributed by atoms with Crippen LogP contribution >= 0.6 is 0 Å². The Morgan fingerprint density at radius 1 is 1.29 bits per heavy atom. The molecule has 24 heavy (non-hydrogen) atoms. The summed E-state index contributed by atoms with van der Waals surface area (Å²) in [6, 6.07) is 8.82. The minimum atomic E-state index is 0.343. The second-order valence-electron chi connectivity index (χ2n) is 7.99. The van der Waals surface area contributed by atoms with Crippen molar-refractivity contribution in [2.45, 2.75) is 60.3 Å². The van der Waals surface area contributed by atoms with Gasteiger partial charge in [-0.3, -0.25) is 4.90 Å². The van der Waals surface area contributed by atoms with Gasteiger partial charge in [0.2, 0.25) is 0 Å². The molecule has 2 nitrogen and oxygen atoms in total. The summed E-state index contributed by atoms with van der Waals surface area (Å²) >= 11 is 0. The Labute approximate surface area is 149 Å². The zero-order valence-corrected chi connectivity index (χ0v) is 16.4. The number of hydrogen-bond acceptors (Lipinski definition) is 2. The zero-order chi connectivity index (χ0) is 17.7. The van der Waals surface area contributed by atoms with Crippen molar-refractivity contribution in [3.8, 4) is 0 Å². The average molecular weight is 329 g/mol. The van der Waals surface area contributed by atoms with Crippen LogP contribution in [-0.4, -0.2) is 24.8 Å². The van der Waals surface area contributed by atoms with Gasteiger partial charge >= 0.3 is 0 Å². The molecule has 0 N–H and O–H groups in total. The maximum Gasteiger partial charge on any atom is 0.0734 e. The molecular formula is C22H36N2. The predicted octanol–water partition coefficient (Wildman–Crippen LogP) is 5.83. The van der Waals surface area contributed by atoms with Gasteiger partial charge in [0.15, 0.2) is 0 Å². The van der Waals surface area contributed by atoms with Gasteiger partial charge in [-0.25, -0.2) is 0 Å². The van der Waals surface area contributed by atoms with Crippen LogP contribution in [0.25, 0.3) is 0 Å². The van der Waals surface area contributed by atoms with Gasteiger partial charge in [0.05, 0.1) is 13.3 Å². The number of allylic oxidation sites excluding steroid dienone is 1. The SMILES string of the molecule is C=C(C)C(CC)(CCC)CC(C)CN1CN(c2cccc(C)c2)C1. The molecule has 0 saturated carbocycles. The summed E-state index contributed by atoms with van der Waals surface area (Å²) in [6.45, 7) is 19.1. The summed E-state index contributed by atoms with van der Waals surface area (Å²) in [5.74, 6) is 0.716. The quantitative estimate of drug-likeness (QED) is 0.526. The summed E-state index contributed by atoms with van der Waals surface area (Å²) in [4.78, 5) is 5.02. The number of hydrogen-bond donors (Lipinski definition) is 0. The molecule has 1 saturated heterocycles. The Balaban J connectivity index is 1.85. The molecule has 134 valence electrons. The lowest BCUT2D eigenvalue weighted by Gasteiger charge is -2.46. The molecule has 0 amide bonds. The molecule has 2 rings (SSSR count). The molecule has 0 radical (unpaired) electrons. The summed E-state index contributed by atoms with van der Waals surface area (Å²) in [5.41, 5.74) is 4.42. The van der Waals surface area contributed by atoms with Gasteiger partial charge in [-0.15, -0.1) is 0 Å². The second kappa shape index (κ2) is 8.20. The van der Waals surface area contributed by atoms with E-state index in [2.05, 4.69) is 75.3 Å². The highest BCUT2D eigenvalue weighted by molar-refractivity contribution is 5.49. The molecule has 0 bridgehead atoms. The third kappa shape index (κ3) is 4.42. The zero-order valence-electron chi connectivity index (χ0n) is 16.4. The fourth-order valence-corrected chi connectivity index (χ4v) is 4.31. The van der Waals surface area contributed by atoms with E-state index in [9.17, 15) is 0 Å². The normalized spacial score (nSPS) is 18.8. The number of anilines is 1. The number of aryl methyl sites for hydroxylation is 1. The van der Waals surface area contributed by atoms with Crippen LogP contribution in [0.15, 0.2) is 36.4 Å². The first-order chi connectivity index (χ1) is 11.4. The summed E-state index contributed by atoms with van der Waals surface area (Å²) in [5, 5.41) is 0. The van der Waals surface area contributed by atoms with E-state index in [1.54, 1.807) is 0 Å². The molecule has 1 aliphatic rings. The fourth-order valence-electron chi connectivity index (χ4n) is 4.31. The molecule has 1 heterocycles. The molecule has 1 aromatic carbocycles. The molecule has 1 aliphatic heterocycles. The third-order valence-electron chi connectivity index (χ3n) is 5.73. The van der Waals surface area contributed by atoms with Crippen LogP contribution in [0.4, 0.5) is 5.69 Å². The predicted molar refractivity (Wildman–Crippen MR) is 106 cm³/mol. The van der Waals surface area contributed by atoms with Crippen molar-refractivity contribution < 1.29 is 0 Å². The summed E-state index contributed by atoms with van der Waals surface area (Å²) in [6.07, 6.45) is 5.01. The van der Waals surface area contributed by atoms with Gasteiger partial charge in [-0.05, 0) is 62.1 Å². The van der Waals surface area contributed by atoms with E-state index in [4.69, 9.17) is 0 Å². The second-order valence-corrected chi connectivity index (χ2v) is 7.99. The van der Waals surface area contributed by atoms with Crippen LogP contribution in [0.1, 0.15) is 58.9 Å². The lowest BCUT2D eigenvalue weighted by atomic mass is 9.70. The van der Waals surface area contributed by atoms with Crippen molar-refractivity contribution in [1.29, 1.82) is 0 Å². The number of benzene rings is 1. The van der Waals surface area contributed by atoms with Crippen molar-refractivity contribution in [2.75, 3.05) is 24.8 Å². The molecule has 0 spiro atoms. The highest BCUT2D eigenvalue weighted by Gasteiger charge is 2.32. The van der Waals surface area contributed by atoms with Gasteiger partial charge in [0.25, 0.3) is 0 Å². The lowest BCUT2D eigenvalue weighted by Crippen LogP contribution is -2.56. The van der Waals surface area contributed by atoms with Crippen LogP contribution in [0.5, 0.6) is 0 Å². The van der Waals surface area contributed by atoms with E-state index in [-0.39, 0.29) is 0 Å². The molecule has 2 heteroatoms. The standard InChI is InChI=1S/C22H36N2/c1-7-12-22(8-2,18(3)4)14-20(6)15-23-16-24(17-23)21-11-9-10-19(5)13-21/h9-11,13,20H,3,7-8,12,14-17H2,1-2,4-6H3. The van der Waals surface area contributed by atoms with Gasteiger partial charge in [-0.2, -0.15) is 0 Å². The van der Waals surface area contributed by atoms with Crippen molar-refractivity contribution in [3.05, 3.63) is 42.0 Å². The van der Waals surface area contributed by atoms with Gasteiger partial charge in [0.1, 0.15) is 0 Å². The van der Waals surface area contributed by atoms with Gasteiger partial charge in [0, 0.05) is 12.2 Å². The molecular weight excluding hydrogens is 292 g/mol. The van der Waals surface area contributed by atoms with Gasteiger partial charge < -0.3 is 4.90 Å². The number of nitrogens with zero attached hydrogens (tertiary/aromatic N) is 2. The third-order valence-corrected chi connectivity index (χ3v) is 5.73. The molecule has 2 unspecified atom stereocenters. The molecule has 0 aliphatic carbocycles. The highest BCUT2D eigenvalue weighted by Crippen LogP contribution is 2.41. The first-order valence-corrected chi connectivity index (χ1v) is 9.60. The highest BCUT2D eigenvalue weighted by atomic mass is 15.5. The maximum atomic E-state index is 4.32. The van der Waals surface area contributed by atoms with E-state index in [0.717, 1.165) is 13.3 Å². The molecule has 2 atom stereocenters. The van der Waals surface area contributed by atoms with Crippen LogP contribution in [0.2, 0.25) is 0 Å². The maximum absolute atomic E-state index is 4.32. The van der Waals surface area contributed by atoms with Crippen LogP contribution in [-0.2, 0) is 0 Å². The Hall–Kier alpha value is -1.28. The van der Waals surface area contributed by atoms with E-state index in [0.29, 0.717) is 11.3 Å². The Morgan fingerprint density at radius 3 is 2.54 bits per heavy atom. The first-order valence-electron chi connectivity index (χ1n) is 9.60. The average Bonchev–Trinajstić information content (AvgIpc) is 2.49. The molecule has 1 fully saturated rings. The lowest BCUT2D eigenvalue weighted by molar-refractivity contribution is 0.133. The Morgan fingerprint density at radius 2 is 2.00 bits per heavy atom.